The van der Waals surface area contributed by atoms with Crippen LogP contribution in [0.25, 0.3) is 0 Å². The molecule has 0 bridgehead atoms. The van der Waals surface area contributed by atoms with E-state index in [1.54, 1.807) is 29.2 Å². The van der Waals surface area contributed by atoms with Gasteiger partial charge in [0.2, 0.25) is 11.8 Å². The lowest BCUT2D eigenvalue weighted by Gasteiger charge is -2.36. The lowest BCUT2D eigenvalue weighted by Crippen LogP contribution is -2.43. The van der Waals surface area contributed by atoms with E-state index in [1.165, 1.54) is 24.3 Å². The number of aryl methyl sites for hydroxylation is 1. The van der Waals surface area contributed by atoms with Crippen molar-refractivity contribution < 1.29 is 28.3 Å². The van der Waals surface area contributed by atoms with Crippen molar-refractivity contribution in [3.05, 3.63) is 71.3 Å². The summed E-state index contributed by atoms with van der Waals surface area (Å²) >= 11 is 0. The number of amides is 2. The molecule has 2 aromatic rings. The summed E-state index contributed by atoms with van der Waals surface area (Å²) < 4.78 is 26.7. The number of carboxylic acids is 1. The molecule has 1 aliphatic rings. The minimum absolute atomic E-state index is 0.0121. The summed E-state index contributed by atoms with van der Waals surface area (Å²) in [7, 11) is 0. The summed E-state index contributed by atoms with van der Waals surface area (Å²) in [6.07, 6.45) is 1.76. The molecular weight excluding hydrogens is 430 g/mol. The average molecular weight is 459 g/mol. The molecule has 0 aliphatic carbocycles. The standard InChI is InChI=1S/C25H28F2N2O4/c26-20-7-5-18(6-8-20)24(25(33)28-13-10-23(31)32)19-11-14-29(15-12-19)22(30)9-4-17-2-1-3-21(27)16-17/h1-3,5-8,16,19,24H,4,9-15H2,(H,28,33)(H,31,32)/t24-/m1/s1. The first-order valence-electron chi connectivity index (χ1n) is 11.1. The molecule has 6 nitrogen and oxygen atoms in total. The van der Waals surface area contributed by atoms with Crippen molar-refractivity contribution in [2.75, 3.05) is 19.6 Å². The minimum atomic E-state index is -1.00. The van der Waals surface area contributed by atoms with Crippen molar-refractivity contribution in [1.29, 1.82) is 0 Å². The third kappa shape index (κ3) is 7.10. The molecule has 33 heavy (non-hydrogen) atoms. The molecular formula is C25H28F2N2O4. The molecule has 0 unspecified atom stereocenters. The van der Waals surface area contributed by atoms with E-state index in [-0.39, 0.29) is 42.9 Å². The number of likely N-dealkylation sites (tertiary alicyclic amines) is 1. The molecule has 0 saturated carbocycles. The molecule has 1 atom stereocenters. The highest BCUT2D eigenvalue weighted by molar-refractivity contribution is 5.84. The maximum absolute atomic E-state index is 13.4. The van der Waals surface area contributed by atoms with E-state index in [0.29, 0.717) is 37.9 Å². The van der Waals surface area contributed by atoms with Crippen LogP contribution in [0.1, 0.15) is 42.7 Å². The van der Waals surface area contributed by atoms with Crippen molar-refractivity contribution in [2.45, 2.75) is 38.0 Å². The van der Waals surface area contributed by atoms with Gasteiger partial charge in [-0.05, 0) is 60.6 Å². The highest BCUT2D eigenvalue weighted by atomic mass is 19.1. The smallest absolute Gasteiger partial charge is 0.305 e. The van der Waals surface area contributed by atoms with Gasteiger partial charge in [0.05, 0.1) is 12.3 Å². The maximum atomic E-state index is 13.4. The van der Waals surface area contributed by atoms with Gasteiger partial charge in [0.25, 0.3) is 0 Å². The van der Waals surface area contributed by atoms with E-state index in [1.807, 2.05) is 0 Å². The Hall–Kier alpha value is -3.29. The van der Waals surface area contributed by atoms with Gasteiger partial charge in [-0.25, -0.2) is 8.78 Å². The van der Waals surface area contributed by atoms with Crippen molar-refractivity contribution in [3.8, 4) is 0 Å². The van der Waals surface area contributed by atoms with Crippen LogP contribution >= 0.6 is 0 Å². The first-order valence-corrected chi connectivity index (χ1v) is 11.1. The number of nitrogens with one attached hydrogen (secondary N) is 1. The predicted octanol–water partition coefficient (Wildman–Crippen LogP) is 3.51. The second-order valence-electron chi connectivity index (χ2n) is 8.31. The number of carbonyl (C=O) groups excluding carboxylic acids is 2. The highest BCUT2D eigenvalue weighted by Gasteiger charge is 2.33. The SMILES string of the molecule is O=C(O)CCNC(=O)[C@H](c1ccc(F)cc1)C1CCN(C(=O)CCc2cccc(F)c2)CC1. The van der Waals surface area contributed by atoms with Gasteiger partial charge in [-0.15, -0.1) is 0 Å². The van der Waals surface area contributed by atoms with Crippen molar-refractivity contribution in [1.82, 2.24) is 10.2 Å². The lowest BCUT2D eigenvalue weighted by atomic mass is 9.79. The number of rotatable bonds is 9. The van der Waals surface area contributed by atoms with Gasteiger partial charge in [-0.3, -0.25) is 14.4 Å². The Morgan fingerprint density at radius 3 is 2.33 bits per heavy atom. The summed E-state index contributed by atoms with van der Waals surface area (Å²) in [5.74, 6) is -2.65. The zero-order chi connectivity index (χ0) is 23.8. The number of piperidine rings is 1. The molecule has 1 fully saturated rings. The number of benzene rings is 2. The summed E-state index contributed by atoms with van der Waals surface area (Å²) in [6, 6.07) is 12.0. The number of hydrogen-bond donors (Lipinski definition) is 2. The van der Waals surface area contributed by atoms with Gasteiger partial charge in [0.15, 0.2) is 0 Å². The van der Waals surface area contributed by atoms with Crippen molar-refractivity contribution in [3.63, 3.8) is 0 Å². The largest absolute Gasteiger partial charge is 0.481 e. The number of aliphatic carboxylic acids is 1. The number of hydrogen-bond acceptors (Lipinski definition) is 3. The Kier molecular flexibility index (Phi) is 8.52. The molecule has 2 N–H and O–H groups in total. The van der Waals surface area contributed by atoms with Crippen LogP contribution in [0.2, 0.25) is 0 Å². The van der Waals surface area contributed by atoms with E-state index >= 15 is 0 Å². The highest BCUT2D eigenvalue weighted by Crippen LogP contribution is 2.33. The number of nitrogens with zero attached hydrogens (tertiary/aromatic N) is 1. The lowest BCUT2D eigenvalue weighted by molar-refractivity contribution is -0.137. The maximum Gasteiger partial charge on any atom is 0.305 e. The average Bonchev–Trinajstić information content (AvgIpc) is 2.79. The van der Waals surface area contributed by atoms with Crippen LogP contribution in [0.15, 0.2) is 48.5 Å². The fraction of sp³-hybridized carbons (Fsp3) is 0.400. The Morgan fingerprint density at radius 1 is 1.00 bits per heavy atom. The van der Waals surface area contributed by atoms with E-state index in [9.17, 15) is 23.2 Å². The second-order valence-corrected chi connectivity index (χ2v) is 8.31. The third-order valence-electron chi connectivity index (χ3n) is 6.03. The summed E-state index contributed by atoms with van der Waals surface area (Å²) in [5, 5.41) is 11.5. The zero-order valence-corrected chi connectivity index (χ0v) is 18.3. The fourth-order valence-electron chi connectivity index (χ4n) is 4.29. The van der Waals surface area contributed by atoms with Gasteiger partial charge < -0.3 is 15.3 Å². The van der Waals surface area contributed by atoms with Gasteiger partial charge in [0, 0.05) is 26.1 Å². The molecule has 8 heteroatoms. The van der Waals surface area contributed by atoms with E-state index in [0.717, 1.165) is 5.56 Å². The molecule has 0 spiro atoms. The number of halogens is 2. The monoisotopic (exact) mass is 458 g/mol. The number of carboxylic acid groups (broad SMARTS) is 1. The molecule has 3 rings (SSSR count). The molecule has 2 amide bonds. The molecule has 1 heterocycles. The Morgan fingerprint density at radius 2 is 1.70 bits per heavy atom. The molecule has 0 aromatic heterocycles. The van der Waals surface area contributed by atoms with Crippen LogP contribution in [-0.2, 0) is 20.8 Å². The third-order valence-corrected chi connectivity index (χ3v) is 6.03. The topological polar surface area (TPSA) is 86.7 Å². The van der Waals surface area contributed by atoms with Crippen LogP contribution in [-0.4, -0.2) is 47.4 Å². The van der Waals surface area contributed by atoms with Crippen LogP contribution < -0.4 is 5.32 Å². The van der Waals surface area contributed by atoms with Crippen molar-refractivity contribution in [2.24, 2.45) is 5.92 Å². The van der Waals surface area contributed by atoms with E-state index < -0.39 is 17.7 Å². The van der Waals surface area contributed by atoms with Gasteiger partial charge in [0.1, 0.15) is 11.6 Å². The van der Waals surface area contributed by atoms with Gasteiger partial charge >= 0.3 is 5.97 Å². The predicted molar refractivity (Wildman–Crippen MR) is 118 cm³/mol. The zero-order valence-electron chi connectivity index (χ0n) is 18.3. The first kappa shape index (κ1) is 24.4. The Balaban J connectivity index is 1.60. The van der Waals surface area contributed by atoms with Gasteiger partial charge in [-0.1, -0.05) is 24.3 Å². The molecule has 1 saturated heterocycles. The Labute approximate surface area is 191 Å². The Bertz CT molecular complexity index is 973. The molecule has 1 aliphatic heterocycles. The van der Waals surface area contributed by atoms with Crippen LogP contribution in [0.4, 0.5) is 8.78 Å². The van der Waals surface area contributed by atoms with Crippen LogP contribution in [0, 0.1) is 17.6 Å². The first-order chi connectivity index (χ1) is 15.8. The molecule has 2 aromatic carbocycles. The van der Waals surface area contributed by atoms with Gasteiger partial charge in [-0.2, -0.15) is 0 Å². The van der Waals surface area contributed by atoms with Crippen molar-refractivity contribution >= 4 is 17.8 Å². The van der Waals surface area contributed by atoms with Crippen LogP contribution in [0.3, 0.4) is 0 Å². The molecule has 176 valence electrons. The minimum Gasteiger partial charge on any atom is -0.481 e. The summed E-state index contributed by atoms with van der Waals surface area (Å²) in [4.78, 5) is 38.1. The molecule has 0 radical (unpaired) electrons. The van der Waals surface area contributed by atoms with E-state index in [2.05, 4.69) is 5.32 Å². The van der Waals surface area contributed by atoms with Crippen LogP contribution in [0.5, 0.6) is 0 Å². The summed E-state index contributed by atoms with van der Waals surface area (Å²) in [5.41, 5.74) is 1.44. The summed E-state index contributed by atoms with van der Waals surface area (Å²) in [6.45, 7) is 1.00. The van der Waals surface area contributed by atoms with E-state index in [4.69, 9.17) is 5.11 Å². The fourth-order valence-corrected chi connectivity index (χ4v) is 4.29. The quantitative estimate of drug-likeness (QED) is 0.602. The number of carbonyl (C=O) groups is 3. The second kappa shape index (κ2) is 11.5. The normalized spacial score (nSPS) is 15.2.